The molecule has 0 radical (unpaired) electrons. The third-order valence-corrected chi connectivity index (χ3v) is 4.44. The highest BCUT2D eigenvalue weighted by Gasteiger charge is 2.47. The summed E-state index contributed by atoms with van der Waals surface area (Å²) in [6.45, 7) is 4.65. The van der Waals surface area contributed by atoms with Crippen molar-refractivity contribution in [3.63, 3.8) is 0 Å². The molecule has 3 rings (SSSR count). The van der Waals surface area contributed by atoms with Crippen LogP contribution in [-0.4, -0.2) is 22.4 Å². The summed E-state index contributed by atoms with van der Waals surface area (Å²) in [5.74, 6) is -1.13. The Kier molecular flexibility index (Phi) is 4.39. The number of ether oxygens (including phenoxy) is 1. The topological polar surface area (TPSA) is 44.1 Å². The Morgan fingerprint density at radius 1 is 1.48 bits per heavy atom. The monoisotopic (exact) mass is 336 g/mol. The molecule has 0 bridgehead atoms. The van der Waals surface area contributed by atoms with Crippen molar-refractivity contribution >= 4 is 17.6 Å². The van der Waals surface area contributed by atoms with Crippen LogP contribution in [0.1, 0.15) is 29.3 Å². The van der Waals surface area contributed by atoms with Crippen LogP contribution in [0.15, 0.2) is 24.3 Å². The second-order valence-electron chi connectivity index (χ2n) is 5.90. The zero-order valence-corrected chi connectivity index (χ0v) is 13.8. The summed E-state index contributed by atoms with van der Waals surface area (Å²) in [4.78, 5) is 12.1. The van der Waals surface area contributed by atoms with Crippen LogP contribution in [-0.2, 0) is 16.1 Å². The molecule has 122 valence electrons. The molecule has 0 N–H and O–H groups in total. The van der Waals surface area contributed by atoms with E-state index in [2.05, 4.69) is 5.10 Å². The summed E-state index contributed by atoms with van der Waals surface area (Å²) in [5.41, 5.74) is 2.39. The zero-order chi connectivity index (χ0) is 16.6. The molecule has 1 aromatic carbocycles. The number of esters is 1. The van der Waals surface area contributed by atoms with Gasteiger partial charge in [-0.1, -0.05) is 17.7 Å². The van der Waals surface area contributed by atoms with Gasteiger partial charge in [0.1, 0.15) is 12.4 Å². The Morgan fingerprint density at radius 2 is 2.26 bits per heavy atom. The van der Waals surface area contributed by atoms with E-state index in [0.717, 1.165) is 11.4 Å². The Morgan fingerprint density at radius 3 is 2.91 bits per heavy atom. The molecular weight excluding hydrogens is 319 g/mol. The van der Waals surface area contributed by atoms with Crippen molar-refractivity contribution in [1.29, 1.82) is 0 Å². The van der Waals surface area contributed by atoms with E-state index < -0.39 is 0 Å². The van der Waals surface area contributed by atoms with Crippen LogP contribution in [0.3, 0.4) is 0 Å². The van der Waals surface area contributed by atoms with Crippen molar-refractivity contribution in [2.24, 2.45) is 5.92 Å². The van der Waals surface area contributed by atoms with Gasteiger partial charge in [0.05, 0.1) is 18.2 Å². The molecule has 0 spiro atoms. The third-order valence-electron chi connectivity index (χ3n) is 4.11. The number of hydrogen-bond donors (Lipinski definition) is 0. The summed E-state index contributed by atoms with van der Waals surface area (Å²) in [7, 11) is 0. The summed E-state index contributed by atoms with van der Waals surface area (Å²) in [6, 6.07) is 6.54. The predicted octanol–water partition coefficient (Wildman–Crippen LogP) is 3.64. The van der Waals surface area contributed by atoms with E-state index in [0.29, 0.717) is 23.6 Å². The van der Waals surface area contributed by atoms with Gasteiger partial charge in [0, 0.05) is 22.2 Å². The second kappa shape index (κ2) is 6.32. The number of aryl methyl sites for hydroxylation is 2. The molecule has 0 unspecified atom stereocenters. The average molecular weight is 337 g/mol. The summed E-state index contributed by atoms with van der Waals surface area (Å²) >= 11 is 6.03. The van der Waals surface area contributed by atoms with Gasteiger partial charge in [0.25, 0.3) is 0 Å². The van der Waals surface area contributed by atoms with Crippen LogP contribution < -0.4 is 0 Å². The highest BCUT2D eigenvalue weighted by atomic mass is 35.5. The first-order valence-corrected chi connectivity index (χ1v) is 7.96. The molecule has 2 atom stereocenters. The minimum absolute atomic E-state index is 0.176. The minimum Gasteiger partial charge on any atom is -0.463 e. The molecule has 23 heavy (non-hydrogen) atoms. The molecule has 1 aliphatic rings. The number of carbonyl (C=O) groups excluding carboxylic acids is 1. The van der Waals surface area contributed by atoms with E-state index in [9.17, 15) is 9.18 Å². The van der Waals surface area contributed by atoms with Crippen molar-refractivity contribution in [3.8, 4) is 0 Å². The van der Waals surface area contributed by atoms with Crippen LogP contribution in [0.2, 0.25) is 5.02 Å². The smallest absolute Gasteiger partial charge is 0.309 e. The quantitative estimate of drug-likeness (QED) is 0.783. The van der Waals surface area contributed by atoms with Gasteiger partial charge < -0.3 is 4.74 Å². The number of hydrogen-bond acceptors (Lipinski definition) is 3. The molecule has 4 nitrogen and oxygen atoms in total. The van der Waals surface area contributed by atoms with Crippen LogP contribution in [0.25, 0.3) is 0 Å². The van der Waals surface area contributed by atoms with Gasteiger partial charge in [0.15, 0.2) is 0 Å². The van der Waals surface area contributed by atoms with Gasteiger partial charge in [-0.3, -0.25) is 9.48 Å². The van der Waals surface area contributed by atoms with Crippen LogP contribution in [0.4, 0.5) is 4.39 Å². The Balaban J connectivity index is 1.54. The van der Waals surface area contributed by atoms with E-state index >= 15 is 0 Å². The Hall–Kier alpha value is -1.88. The largest absolute Gasteiger partial charge is 0.463 e. The average Bonchev–Trinajstić information content (AvgIpc) is 3.19. The first kappa shape index (κ1) is 16.0. The van der Waals surface area contributed by atoms with Crippen molar-refractivity contribution in [2.45, 2.75) is 32.7 Å². The number of aromatic nitrogens is 2. The second-order valence-corrected chi connectivity index (χ2v) is 6.31. The first-order valence-electron chi connectivity index (χ1n) is 7.59. The maximum atomic E-state index is 13.8. The Bertz CT molecular complexity index is 724. The number of halogens is 2. The molecule has 0 aliphatic heterocycles. The van der Waals surface area contributed by atoms with Crippen molar-refractivity contribution in [1.82, 2.24) is 9.78 Å². The third kappa shape index (κ3) is 3.39. The van der Waals surface area contributed by atoms with Crippen molar-refractivity contribution in [2.75, 3.05) is 6.61 Å². The van der Waals surface area contributed by atoms with Gasteiger partial charge >= 0.3 is 5.97 Å². The molecule has 1 aromatic heterocycles. The van der Waals surface area contributed by atoms with Crippen molar-refractivity contribution < 1.29 is 13.9 Å². The molecule has 2 aromatic rings. The molecule has 1 fully saturated rings. The van der Waals surface area contributed by atoms with Crippen LogP contribution in [0, 0.1) is 25.6 Å². The van der Waals surface area contributed by atoms with Crippen molar-refractivity contribution in [3.05, 3.63) is 52.1 Å². The fraction of sp³-hybridized carbons (Fsp3) is 0.412. The summed E-state index contributed by atoms with van der Waals surface area (Å²) in [5, 5.41) is 4.68. The van der Waals surface area contributed by atoms with E-state index in [1.807, 2.05) is 19.9 Å². The van der Waals surface area contributed by atoms with E-state index in [1.165, 1.54) is 6.07 Å². The van der Waals surface area contributed by atoms with Gasteiger partial charge in [-0.2, -0.15) is 5.10 Å². The highest BCUT2D eigenvalue weighted by Crippen LogP contribution is 2.51. The lowest BCUT2D eigenvalue weighted by molar-refractivity contribution is -0.145. The fourth-order valence-corrected chi connectivity index (χ4v) is 3.18. The number of carbonyl (C=O) groups is 1. The molecular formula is C17H18ClFN2O2. The van der Waals surface area contributed by atoms with E-state index in [1.54, 1.807) is 16.8 Å². The fourth-order valence-electron chi connectivity index (χ4n) is 2.88. The molecule has 6 heteroatoms. The van der Waals surface area contributed by atoms with Gasteiger partial charge in [0.2, 0.25) is 0 Å². The SMILES string of the molecule is Cc1cc(C)n(CCOC(=O)[C@H]2C[C@@H]2c2c(F)cccc2Cl)n1. The van der Waals surface area contributed by atoms with E-state index in [-0.39, 0.29) is 30.2 Å². The van der Waals surface area contributed by atoms with Gasteiger partial charge in [-0.15, -0.1) is 0 Å². The molecule has 0 saturated heterocycles. The lowest BCUT2D eigenvalue weighted by atomic mass is 10.1. The molecule has 1 saturated carbocycles. The lowest BCUT2D eigenvalue weighted by Crippen LogP contribution is -2.15. The molecule has 1 aliphatic carbocycles. The van der Waals surface area contributed by atoms with Crippen LogP contribution >= 0.6 is 11.6 Å². The van der Waals surface area contributed by atoms with Crippen LogP contribution in [0.5, 0.6) is 0 Å². The number of rotatable bonds is 5. The Labute approximate surface area is 139 Å². The summed E-state index contributed by atoms with van der Waals surface area (Å²) in [6.07, 6.45) is 0.583. The number of nitrogens with zero attached hydrogens (tertiary/aromatic N) is 2. The van der Waals surface area contributed by atoms with E-state index in [4.69, 9.17) is 16.3 Å². The minimum atomic E-state index is -0.361. The first-order chi connectivity index (χ1) is 11.0. The number of benzene rings is 1. The standard InChI is InChI=1S/C17H18ClFN2O2/c1-10-8-11(2)21(20-10)6-7-23-17(22)13-9-12(13)16-14(18)4-3-5-15(16)19/h3-5,8,12-13H,6-7,9H2,1-2H3/t12-,13-/m0/s1. The predicted molar refractivity (Wildman–Crippen MR) is 84.9 cm³/mol. The highest BCUT2D eigenvalue weighted by molar-refractivity contribution is 6.31. The normalized spacial score (nSPS) is 19.7. The maximum absolute atomic E-state index is 13.8. The molecule has 0 amide bonds. The maximum Gasteiger partial charge on any atom is 0.309 e. The zero-order valence-electron chi connectivity index (χ0n) is 13.1. The van der Waals surface area contributed by atoms with Gasteiger partial charge in [-0.05, 0) is 38.5 Å². The summed E-state index contributed by atoms with van der Waals surface area (Å²) < 4.78 is 21.0. The molecule has 1 heterocycles. The van der Waals surface area contributed by atoms with Gasteiger partial charge in [-0.25, -0.2) is 4.39 Å². The lowest BCUT2D eigenvalue weighted by Gasteiger charge is -2.07.